The third kappa shape index (κ3) is 3.87. The second-order valence-electron chi connectivity index (χ2n) is 3.42. The predicted octanol–water partition coefficient (Wildman–Crippen LogP) is 2.13. The largest absolute Gasteiger partial charge is 0.491 e. The molecule has 0 saturated heterocycles. The van der Waals surface area contributed by atoms with Crippen molar-refractivity contribution in [3.8, 4) is 11.8 Å². The fourth-order valence-electron chi connectivity index (χ4n) is 1.29. The van der Waals surface area contributed by atoms with Gasteiger partial charge in [-0.3, -0.25) is 15.4 Å². The van der Waals surface area contributed by atoms with Crippen molar-refractivity contribution >= 4 is 17.3 Å². The molecule has 0 bridgehead atoms. The Morgan fingerprint density at radius 2 is 2.39 bits per heavy atom. The summed E-state index contributed by atoms with van der Waals surface area (Å²) in [5.74, 6) is 0.392. The molecule has 0 radical (unpaired) electrons. The zero-order chi connectivity index (χ0) is 13.5. The number of nitrogens with one attached hydrogen (secondary N) is 1. The molecule has 0 aromatic heterocycles. The van der Waals surface area contributed by atoms with Crippen molar-refractivity contribution in [1.82, 2.24) is 5.32 Å². The Morgan fingerprint density at radius 1 is 1.67 bits per heavy atom. The molecule has 1 aromatic rings. The average molecular weight is 270 g/mol. The zero-order valence-corrected chi connectivity index (χ0v) is 10.5. The molecule has 0 heterocycles. The van der Waals surface area contributed by atoms with Crippen molar-refractivity contribution in [2.75, 3.05) is 13.2 Å². The quantitative estimate of drug-likeness (QED) is 0.631. The maximum Gasteiger partial charge on any atom is 0.288 e. The van der Waals surface area contributed by atoms with E-state index in [-0.39, 0.29) is 17.3 Å². The fourth-order valence-corrected chi connectivity index (χ4v) is 1.53. The molecule has 96 valence electrons. The monoisotopic (exact) mass is 269 g/mol. The Morgan fingerprint density at radius 3 is 2.89 bits per heavy atom. The number of halogens is 1. The molecule has 1 unspecified atom stereocenters. The lowest BCUT2D eigenvalue weighted by molar-refractivity contribution is -0.384. The summed E-state index contributed by atoms with van der Waals surface area (Å²) < 4.78 is 5.34. The lowest BCUT2D eigenvalue weighted by atomic mass is 10.3. The molecule has 1 atom stereocenters. The van der Waals surface area contributed by atoms with Crippen molar-refractivity contribution in [3.63, 3.8) is 0 Å². The van der Waals surface area contributed by atoms with Crippen LogP contribution in [0.3, 0.4) is 0 Å². The van der Waals surface area contributed by atoms with Gasteiger partial charge in [-0.2, -0.15) is 5.26 Å². The van der Waals surface area contributed by atoms with Crippen LogP contribution >= 0.6 is 11.6 Å². The Bertz CT molecular complexity index is 473. The maximum absolute atomic E-state index is 10.6. The van der Waals surface area contributed by atoms with E-state index < -0.39 is 11.0 Å². The first-order valence-corrected chi connectivity index (χ1v) is 5.66. The Balaban J connectivity index is 2.67. The van der Waals surface area contributed by atoms with E-state index in [9.17, 15) is 10.1 Å². The van der Waals surface area contributed by atoms with Gasteiger partial charge >= 0.3 is 0 Å². The van der Waals surface area contributed by atoms with Gasteiger partial charge in [0.2, 0.25) is 0 Å². The zero-order valence-electron chi connectivity index (χ0n) is 9.72. The van der Waals surface area contributed by atoms with E-state index in [1.807, 2.05) is 13.0 Å². The molecule has 1 rings (SSSR count). The lowest BCUT2D eigenvalue weighted by Crippen LogP contribution is -2.32. The molecule has 0 aliphatic carbocycles. The van der Waals surface area contributed by atoms with Gasteiger partial charge in [0.1, 0.15) is 23.4 Å². The van der Waals surface area contributed by atoms with Gasteiger partial charge < -0.3 is 4.74 Å². The first kappa shape index (κ1) is 14.2. The number of rotatable bonds is 6. The maximum atomic E-state index is 10.6. The van der Waals surface area contributed by atoms with Gasteiger partial charge in [-0.25, -0.2) is 0 Å². The van der Waals surface area contributed by atoms with Crippen LogP contribution in [0.4, 0.5) is 5.69 Å². The molecule has 0 spiro atoms. The highest BCUT2D eigenvalue weighted by atomic mass is 35.5. The molecule has 0 amide bonds. The van der Waals surface area contributed by atoms with Crippen LogP contribution in [-0.4, -0.2) is 24.1 Å². The summed E-state index contributed by atoms with van der Waals surface area (Å²) in [4.78, 5) is 9.99. The first-order valence-electron chi connectivity index (χ1n) is 5.28. The SMILES string of the molecule is CCNC(C#N)COc1ccc([N+](=O)[O-])c(Cl)c1. The molecule has 0 aliphatic heterocycles. The van der Waals surface area contributed by atoms with E-state index in [0.717, 1.165) is 0 Å². The second kappa shape index (κ2) is 6.79. The van der Waals surface area contributed by atoms with Gasteiger partial charge in [0.15, 0.2) is 0 Å². The number of ether oxygens (including phenoxy) is 1. The molecule has 7 heteroatoms. The molecular weight excluding hydrogens is 258 g/mol. The van der Waals surface area contributed by atoms with E-state index >= 15 is 0 Å². The second-order valence-corrected chi connectivity index (χ2v) is 3.83. The minimum Gasteiger partial charge on any atom is -0.491 e. The lowest BCUT2D eigenvalue weighted by Gasteiger charge is -2.11. The van der Waals surface area contributed by atoms with Gasteiger partial charge in [0.25, 0.3) is 5.69 Å². The Labute approximate surface area is 109 Å². The summed E-state index contributed by atoms with van der Waals surface area (Å²) in [6.07, 6.45) is 0. The summed E-state index contributed by atoms with van der Waals surface area (Å²) in [6.45, 7) is 2.69. The topological polar surface area (TPSA) is 88.2 Å². The van der Waals surface area contributed by atoms with Crippen molar-refractivity contribution in [2.45, 2.75) is 13.0 Å². The van der Waals surface area contributed by atoms with Crippen LogP contribution in [0.25, 0.3) is 0 Å². The highest BCUT2D eigenvalue weighted by Crippen LogP contribution is 2.28. The molecule has 0 saturated carbocycles. The van der Waals surface area contributed by atoms with Crippen LogP contribution in [0.1, 0.15) is 6.92 Å². The number of benzene rings is 1. The van der Waals surface area contributed by atoms with Crippen molar-refractivity contribution in [3.05, 3.63) is 33.3 Å². The minimum atomic E-state index is -0.567. The molecule has 6 nitrogen and oxygen atoms in total. The van der Waals surface area contributed by atoms with Crippen LogP contribution in [-0.2, 0) is 0 Å². The van der Waals surface area contributed by atoms with Gasteiger partial charge in [0, 0.05) is 12.1 Å². The van der Waals surface area contributed by atoms with Crippen LogP contribution < -0.4 is 10.1 Å². The van der Waals surface area contributed by atoms with Crippen LogP contribution in [0.5, 0.6) is 5.75 Å². The molecular formula is C11H12ClN3O3. The number of nitro benzene ring substituents is 1. The average Bonchev–Trinajstić information content (AvgIpc) is 2.34. The smallest absolute Gasteiger partial charge is 0.288 e. The number of likely N-dealkylation sites (N-methyl/N-ethyl adjacent to an activating group) is 1. The van der Waals surface area contributed by atoms with Crippen molar-refractivity contribution in [1.29, 1.82) is 5.26 Å². The number of nitriles is 1. The molecule has 0 aliphatic rings. The number of nitro groups is 1. The van der Waals surface area contributed by atoms with Gasteiger partial charge in [0.05, 0.1) is 11.0 Å². The van der Waals surface area contributed by atoms with Crippen LogP contribution in [0.15, 0.2) is 18.2 Å². The van der Waals surface area contributed by atoms with E-state index in [1.54, 1.807) is 0 Å². The van der Waals surface area contributed by atoms with Crippen molar-refractivity contribution < 1.29 is 9.66 Å². The summed E-state index contributed by atoms with van der Waals surface area (Å²) in [5, 5.41) is 22.3. The number of hydrogen-bond acceptors (Lipinski definition) is 5. The van der Waals surface area contributed by atoms with Gasteiger partial charge in [-0.1, -0.05) is 18.5 Å². The first-order chi connectivity index (χ1) is 8.58. The highest BCUT2D eigenvalue weighted by Gasteiger charge is 2.13. The van der Waals surface area contributed by atoms with Crippen LogP contribution in [0, 0.1) is 21.4 Å². The highest BCUT2D eigenvalue weighted by molar-refractivity contribution is 6.32. The number of nitrogens with zero attached hydrogens (tertiary/aromatic N) is 2. The normalized spacial score (nSPS) is 11.6. The summed E-state index contributed by atoms with van der Waals surface area (Å²) >= 11 is 5.73. The number of hydrogen-bond donors (Lipinski definition) is 1. The van der Waals surface area contributed by atoms with E-state index in [4.69, 9.17) is 21.6 Å². The summed E-state index contributed by atoms with van der Waals surface area (Å²) in [7, 11) is 0. The standard InChI is InChI=1S/C11H12ClN3O3/c1-2-14-8(6-13)7-18-9-3-4-11(15(16)17)10(12)5-9/h3-5,8,14H,2,7H2,1H3. The Kier molecular flexibility index (Phi) is 5.36. The van der Waals surface area contributed by atoms with Gasteiger partial charge in [-0.05, 0) is 12.6 Å². The van der Waals surface area contributed by atoms with Gasteiger partial charge in [-0.15, -0.1) is 0 Å². The minimum absolute atomic E-state index is 0.00876. The summed E-state index contributed by atoms with van der Waals surface area (Å²) in [6, 6.07) is 5.69. The molecule has 1 N–H and O–H groups in total. The van der Waals surface area contributed by atoms with E-state index in [0.29, 0.717) is 12.3 Å². The van der Waals surface area contributed by atoms with E-state index in [1.165, 1.54) is 18.2 Å². The van der Waals surface area contributed by atoms with E-state index in [2.05, 4.69) is 5.32 Å². The Hall–Kier alpha value is -1.84. The third-order valence-corrected chi connectivity index (χ3v) is 2.44. The van der Waals surface area contributed by atoms with Crippen molar-refractivity contribution in [2.24, 2.45) is 0 Å². The molecule has 1 aromatic carbocycles. The predicted molar refractivity (Wildman–Crippen MR) is 66.7 cm³/mol. The summed E-state index contributed by atoms with van der Waals surface area (Å²) in [5.41, 5.74) is -0.174. The molecule has 0 fully saturated rings. The molecule has 18 heavy (non-hydrogen) atoms. The third-order valence-electron chi connectivity index (χ3n) is 2.14. The van der Waals surface area contributed by atoms with Crippen LogP contribution in [0.2, 0.25) is 5.02 Å². The fraction of sp³-hybridized carbons (Fsp3) is 0.364.